The summed E-state index contributed by atoms with van der Waals surface area (Å²) in [6, 6.07) is 14.3. The molecule has 0 spiro atoms. The SMILES string of the molecule is CNC(=O)C1CN(Cc2ccccc2)CCN1CC(=O)Nc1ccc(C)c(F)c1. The topological polar surface area (TPSA) is 64.7 Å². The Morgan fingerprint density at radius 2 is 1.90 bits per heavy atom. The maximum Gasteiger partial charge on any atom is 0.238 e. The van der Waals surface area contributed by atoms with E-state index in [1.54, 1.807) is 26.1 Å². The third-order valence-electron chi connectivity index (χ3n) is 5.18. The van der Waals surface area contributed by atoms with Crippen molar-refractivity contribution >= 4 is 17.5 Å². The number of piperazine rings is 1. The van der Waals surface area contributed by atoms with Gasteiger partial charge in [-0.25, -0.2) is 4.39 Å². The molecule has 6 nitrogen and oxygen atoms in total. The number of likely N-dealkylation sites (N-methyl/N-ethyl adjacent to an activating group) is 1. The van der Waals surface area contributed by atoms with E-state index in [4.69, 9.17) is 0 Å². The van der Waals surface area contributed by atoms with Crippen molar-refractivity contribution in [1.29, 1.82) is 0 Å². The maximum absolute atomic E-state index is 13.7. The van der Waals surface area contributed by atoms with Crippen LogP contribution in [0.25, 0.3) is 0 Å². The van der Waals surface area contributed by atoms with Gasteiger partial charge in [0.25, 0.3) is 0 Å². The molecule has 2 aromatic carbocycles. The Hall–Kier alpha value is -2.77. The lowest BCUT2D eigenvalue weighted by Gasteiger charge is -2.40. The monoisotopic (exact) mass is 398 g/mol. The first-order valence-corrected chi connectivity index (χ1v) is 9.74. The molecule has 29 heavy (non-hydrogen) atoms. The summed E-state index contributed by atoms with van der Waals surface area (Å²) in [5.41, 5.74) is 2.13. The molecule has 1 saturated heterocycles. The van der Waals surface area contributed by atoms with Crippen LogP contribution in [0.4, 0.5) is 10.1 Å². The second-order valence-electron chi connectivity index (χ2n) is 7.33. The van der Waals surface area contributed by atoms with Crippen molar-refractivity contribution in [1.82, 2.24) is 15.1 Å². The first-order valence-electron chi connectivity index (χ1n) is 9.74. The third-order valence-corrected chi connectivity index (χ3v) is 5.18. The lowest BCUT2D eigenvalue weighted by atomic mass is 10.1. The number of halogens is 1. The molecule has 1 heterocycles. The van der Waals surface area contributed by atoms with Crippen molar-refractivity contribution in [3.63, 3.8) is 0 Å². The minimum absolute atomic E-state index is 0.0761. The van der Waals surface area contributed by atoms with Gasteiger partial charge in [-0.3, -0.25) is 19.4 Å². The number of nitrogens with zero attached hydrogens (tertiary/aromatic N) is 2. The number of carbonyl (C=O) groups is 2. The molecule has 1 fully saturated rings. The molecule has 7 heteroatoms. The van der Waals surface area contributed by atoms with E-state index in [0.29, 0.717) is 24.3 Å². The summed E-state index contributed by atoms with van der Waals surface area (Å²) >= 11 is 0. The van der Waals surface area contributed by atoms with Crippen LogP contribution in [0.1, 0.15) is 11.1 Å². The van der Waals surface area contributed by atoms with Crippen molar-refractivity contribution in [3.8, 4) is 0 Å². The van der Waals surface area contributed by atoms with Gasteiger partial charge in [-0.1, -0.05) is 36.4 Å². The highest BCUT2D eigenvalue weighted by Gasteiger charge is 2.32. The second-order valence-corrected chi connectivity index (χ2v) is 7.33. The highest BCUT2D eigenvalue weighted by atomic mass is 19.1. The molecule has 2 N–H and O–H groups in total. The molecule has 1 aliphatic heterocycles. The van der Waals surface area contributed by atoms with Gasteiger partial charge in [0, 0.05) is 38.9 Å². The fourth-order valence-electron chi connectivity index (χ4n) is 3.52. The molecule has 0 aromatic heterocycles. The molecule has 3 rings (SSSR count). The Morgan fingerprint density at radius 3 is 2.59 bits per heavy atom. The molecular weight excluding hydrogens is 371 g/mol. The molecule has 0 bridgehead atoms. The summed E-state index contributed by atoms with van der Waals surface area (Å²) in [6.07, 6.45) is 0. The zero-order chi connectivity index (χ0) is 20.8. The number of anilines is 1. The Morgan fingerprint density at radius 1 is 1.14 bits per heavy atom. The average Bonchev–Trinajstić information content (AvgIpc) is 2.72. The maximum atomic E-state index is 13.7. The fraction of sp³-hybridized carbons (Fsp3) is 0.364. The van der Waals surface area contributed by atoms with Gasteiger partial charge >= 0.3 is 0 Å². The van der Waals surface area contributed by atoms with Gasteiger partial charge in [-0.15, -0.1) is 0 Å². The summed E-state index contributed by atoms with van der Waals surface area (Å²) in [4.78, 5) is 29.0. The minimum Gasteiger partial charge on any atom is -0.358 e. The van der Waals surface area contributed by atoms with Gasteiger partial charge in [-0.05, 0) is 30.2 Å². The second kappa shape index (κ2) is 9.62. The van der Waals surface area contributed by atoms with Crippen LogP contribution in [-0.4, -0.2) is 60.9 Å². The molecule has 1 unspecified atom stereocenters. The molecule has 1 aliphatic rings. The zero-order valence-electron chi connectivity index (χ0n) is 16.8. The van der Waals surface area contributed by atoms with Crippen molar-refractivity contribution < 1.29 is 14.0 Å². The normalized spacial score (nSPS) is 17.7. The van der Waals surface area contributed by atoms with Crippen molar-refractivity contribution in [2.24, 2.45) is 0 Å². The zero-order valence-corrected chi connectivity index (χ0v) is 16.8. The summed E-state index contributed by atoms with van der Waals surface area (Å²) in [7, 11) is 1.60. The number of rotatable bonds is 6. The van der Waals surface area contributed by atoms with Crippen molar-refractivity contribution in [3.05, 3.63) is 65.5 Å². The number of nitrogens with one attached hydrogen (secondary N) is 2. The standard InChI is InChI=1S/C22H27FN4O2/c1-16-8-9-18(12-19(16)23)25-21(28)15-27-11-10-26(14-20(27)22(29)24-2)13-17-6-4-3-5-7-17/h3-9,12,20H,10-11,13-15H2,1-2H3,(H,24,29)(H,25,28). The largest absolute Gasteiger partial charge is 0.358 e. The first kappa shape index (κ1) is 21.0. The molecule has 2 amide bonds. The molecule has 2 aromatic rings. The lowest BCUT2D eigenvalue weighted by molar-refractivity contribution is -0.130. The van der Waals surface area contributed by atoms with Crippen LogP contribution in [0, 0.1) is 12.7 Å². The smallest absolute Gasteiger partial charge is 0.238 e. The summed E-state index contributed by atoms with van der Waals surface area (Å²) in [5.74, 6) is -0.740. The van der Waals surface area contributed by atoms with E-state index in [1.165, 1.54) is 11.6 Å². The average molecular weight is 398 g/mol. The van der Waals surface area contributed by atoms with Crippen LogP contribution < -0.4 is 10.6 Å². The summed E-state index contributed by atoms with van der Waals surface area (Å²) in [5, 5.41) is 5.42. The molecular formula is C22H27FN4O2. The van der Waals surface area contributed by atoms with Crippen molar-refractivity contribution in [2.75, 3.05) is 38.5 Å². The van der Waals surface area contributed by atoms with E-state index >= 15 is 0 Å². The Balaban J connectivity index is 1.62. The molecule has 1 atom stereocenters. The number of hydrogen-bond donors (Lipinski definition) is 2. The van der Waals surface area contributed by atoms with E-state index in [2.05, 4.69) is 27.7 Å². The first-order chi connectivity index (χ1) is 14.0. The predicted octanol–water partition coefficient (Wildman–Crippen LogP) is 2.01. The summed E-state index contributed by atoms with van der Waals surface area (Å²) < 4.78 is 13.7. The number of amides is 2. The Kier molecular flexibility index (Phi) is 6.95. The molecule has 0 aliphatic carbocycles. The number of hydrogen-bond acceptors (Lipinski definition) is 4. The van der Waals surface area contributed by atoms with Gasteiger partial charge < -0.3 is 10.6 Å². The van der Waals surface area contributed by atoms with Crippen LogP contribution in [0.2, 0.25) is 0 Å². The van der Waals surface area contributed by atoms with Crippen molar-refractivity contribution in [2.45, 2.75) is 19.5 Å². The van der Waals surface area contributed by atoms with Crippen LogP contribution in [0.15, 0.2) is 48.5 Å². The number of aryl methyl sites for hydroxylation is 1. The molecule has 0 saturated carbocycles. The van der Waals surface area contributed by atoms with Gasteiger partial charge in [0.2, 0.25) is 11.8 Å². The quantitative estimate of drug-likeness (QED) is 0.781. The lowest BCUT2D eigenvalue weighted by Crippen LogP contribution is -2.59. The number of benzene rings is 2. The van der Waals surface area contributed by atoms with Crippen LogP contribution >= 0.6 is 0 Å². The number of carbonyl (C=O) groups excluding carboxylic acids is 2. The van der Waals surface area contributed by atoms with E-state index in [9.17, 15) is 14.0 Å². The molecule has 154 valence electrons. The van der Waals surface area contributed by atoms with Gasteiger partial charge in [-0.2, -0.15) is 0 Å². The van der Waals surface area contributed by atoms with Crippen LogP contribution in [0.5, 0.6) is 0 Å². The highest BCUT2D eigenvalue weighted by Crippen LogP contribution is 2.16. The molecule has 0 radical (unpaired) electrons. The summed E-state index contributed by atoms with van der Waals surface area (Å²) in [6.45, 7) is 4.41. The van der Waals surface area contributed by atoms with Gasteiger partial charge in [0.1, 0.15) is 11.9 Å². The fourth-order valence-corrected chi connectivity index (χ4v) is 3.52. The van der Waals surface area contributed by atoms with E-state index in [1.807, 2.05) is 23.1 Å². The van der Waals surface area contributed by atoms with Crippen LogP contribution in [0.3, 0.4) is 0 Å². The minimum atomic E-state index is -0.419. The van der Waals surface area contributed by atoms with Gasteiger partial charge in [0.15, 0.2) is 0 Å². The third kappa shape index (κ3) is 5.62. The highest BCUT2D eigenvalue weighted by molar-refractivity contribution is 5.93. The van der Waals surface area contributed by atoms with E-state index < -0.39 is 6.04 Å². The predicted molar refractivity (Wildman–Crippen MR) is 111 cm³/mol. The van der Waals surface area contributed by atoms with Crippen LogP contribution in [-0.2, 0) is 16.1 Å². The van der Waals surface area contributed by atoms with E-state index in [-0.39, 0.29) is 24.2 Å². The van der Waals surface area contributed by atoms with E-state index in [0.717, 1.165) is 13.1 Å². The Bertz CT molecular complexity index is 859. The Labute approximate surface area is 170 Å². The van der Waals surface area contributed by atoms with Gasteiger partial charge in [0.05, 0.1) is 6.54 Å².